The fourth-order valence-corrected chi connectivity index (χ4v) is 2.57. The van der Waals surface area contributed by atoms with E-state index in [1.165, 1.54) is 25.3 Å². The summed E-state index contributed by atoms with van der Waals surface area (Å²) in [6.07, 6.45) is 2.58. The smallest absolute Gasteiger partial charge is 0.409 e. The van der Waals surface area contributed by atoms with Crippen molar-refractivity contribution >= 4 is 17.6 Å². The lowest BCUT2D eigenvalue weighted by Gasteiger charge is -2.31. The molecule has 1 fully saturated rings. The zero-order chi connectivity index (χ0) is 16.8. The van der Waals surface area contributed by atoms with E-state index >= 15 is 0 Å². The average Bonchev–Trinajstić information content (AvgIpc) is 2.55. The third kappa shape index (κ3) is 4.81. The lowest BCUT2D eigenvalue weighted by Crippen LogP contribution is -2.46. The van der Waals surface area contributed by atoms with Crippen molar-refractivity contribution in [3.63, 3.8) is 0 Å². The molecule has 0 spiro atoms. The number of halogens is 1. The van der Waals surface area contributed by atoms with E-state index in [1.807, 2.05) is 6.92 Å². The highest BCUT2D eigenvalue weighted by Crippen LogP contribution is 2.15. The molecule has 1 aliphatic rings. The first-order valence-electron chi connectivity index (χ1n) is 7.57. The van der Waals surface area contributed by atoms with Crippen LogP contribution in [0.25, 0.3) is 5.57 Å². The Kier molecular flexibility index (Phi) is 5.73. The van der Waals surface area contributed by atoms with E-state index in [-0.39, 0.29) is 23.9 Å². The molecule has 0 aromatic heterocycles. The van der Waals surface area contributed by atoms with Crippen molar-refractivity contribution in [2.75, 3.05) is 20.2 Å². The van der Waals surface area contributed by atoms with Crippen LogP contribution in [-0.2, 0) is 9.53 Å². The third-order valence-electron chi connectivity index (χ3n) is 3.92. The lowest BCUT2D eigenvalue weighted by molar-refractivity contribution is -0.117. The molecule has 0 unspecified atom stereocenters. The number of methoxy groups -OCH3 is 1. The van der Waals surface area contributed by atoms with Crippen molar-refractivity contribution in [2.24, 2.45) is 0 Å². The molecule has 2 amide bonds. The normalized spacial score (nSPS) is 16.1. The zero-order valence-corrected chi connectivity index (χ0v) is 13.3. The van der Waals surface area contributed by atoms with Crippen LogP contribution in [0.3, 0.4) is 0 Å². The quantitative estimate of drug-likeness (QED) is 0.871. The Morgan fingerprint density at radius 1 is 1.26 bits per heavy atom. The Labute approximate surface area is 135 Å². The van der Waals surface area contributed by atoms with Crippen molar-refractivity contribution in [3.8, 4) is 0 Å². The van der Waals surface area contributed by atoms with E-state index in [0.29, 0.717) is 25.9 Å². The Bertz CT molecular complexity index is 590. The number of allylic oxidation sites excluding steroid dienone is 1. The van der Waals surface area contributed by atoms with Gasteiger partial charge in [-0.2, -0.15) is 0 Å². The fourth-order valence-electron chi connectivity index (χ4n) is 2.57. The molecule has 1 heterocycles. The number of rotatable bonds is 3. The standard InChI is InChI=1S/C17H21FN2O3/c1-12(13-3-5-14(18)6-4-13)11-16(21)19-15-7-9-20(10-8-15)17(22)23-2/h3-6,11,15H,7-10H2,1-2H3,(H,19,21)/b12-11+. The summed E-state index contributed by atoms with van der Waals surface area (Å²) in [7, 11) is 1.36. The largest absolute Gasteiger partial charge is 0.453 e. The number of likely N-dealkylation sites (tertiary alicyclic amines) is 1. The van der Waals surface area contributed by atoms with Gasteiger partial charge in [0.05, 0.1) is 7.11 Å². The molecule has 6 heteroatoms. The van der Waals surface area contributed by atoms with Crippen LogP contribution in [0, 0.1) is 5.82 Å². The minimum absolute atomic E-state index is 0.0423. The van der Waals surface area contributed by atoms with E-state index in [0.717, 1.165) is 11.1 Å². The summed E-state index contributed by atoms with van der Waals surface area (Å²) in [4.78, 5) is 25.1. The predicted octanol–water partition coefficient (Wildman–Crippen LogP) is 2.58. The molecule has 1 aromatic rings. The Morgan fingerprint density at radius 3 is 2.43 bits per heavy atom. The van der Waals surface area contributed by atoms with Gasteiger partial charge in [-0.1, -0.05) is 12.1 Å². The van der Waals surface area contributed by atoms with Crippen LogP contribution >= 0.6 is 0 Å². The highest BCUT2D eigenvalue weighted by atomic mass is 19.1. The number of hydrogen-bond donors (Lipinski definition) is 1. The Morgan fingerprint density at radius 2 is 1.87 bits per heavy atom. The number of nitrogens with one attached hydrogen (secondary N) is 1. The first kappa shape index (κ1) is 17.0. The molecule has 0 bridgehead atoms. The number of ether oxygens (including phenoxy) is 1. The van der Waals surface area contributed by atoms with E-state index in [9.17, 15) is 14.0 Å². The van der Waals surface area contributed by atoms with Gasteiger partial charge in [-0.05, 0) is 43.0 Å². The third-order valence-corrected chi connectivity index (χ3v) is 3.92. The van der Waals surface area contributed by atoms with Gasteiger partial charge in [0.25, 0.3) is 0 Å². The van der Waals surface area contributed by atoms with Gasteiger partial charge in [-0.15, -0.1) is 0 Å². The highest BCUT2D eigenvalue weighted by molar-refractivity contribution is 5.95. The molecule has 0 radical (unpaired) electrons. The van der Waals surface area contributed by atoms with Gasteiger partial charge in [0.15, 0.2) is 0 Å². The number of amides is 2. The first-order valence-corrected chi connectivity index (χ1v) is 7.57. The number of carbonyl (C=O) groups is 2. The number of benzene rings is 1. The summed E-state index contributed by atoms with van der Waals surface area (Å²) in [6.45, 7) is 2.95. The summed E-state index contributed by atoms with van der Waals surface area (Å²) < 4.78 is 17.6. The molecule has 1 N–H and O–H groups in total. The second kappa shape index (κ2) is 7.76. The molecule has 0 aliphatic carbocycles. The van der Waals surface area contributed by atoms with Crippen molar-refractivity contribution in [1.29, 1.82) is 0 Å². The van der Waals surface area contributed by atoms with Crippen LogP contribution in [0.1, 0.15) is 25.3 Å². The van der Waals surface area contributed by atoms with Gasteiger partial charge in [0.1, 0.15) is 5.82 Å². The van der Waals surface area contributed by atoms with Gasteiger partial charge in [-0.3, -0.25) is 4.79 Å². The number of hydrogen-bond acceptors (Lipinski definition) is 3. The maximum atomic E-state index is 12.9. The second-order valence-electron chi connectivity index (χ2n) is 5.57. The van der Waals surface area contributed by atoms with Gasteiger partial charge >= 0.3 is 6.09 Å². The minimum Gasteiger partial charge on any atom is -0.453 e. The SMILES string of the molecule is COC(=O)N1CCC(NC(=O)/C=C(\C)c2ccc(F)cc2)CC1. The summed E-state index contributed by atoms with van der Waals surface area (Å²) in [5.41, 5.74) is 1.58. The monoisotopic (exact) mass is 320 g/mol. The van der Waals surface area contributed by atoms with Crippen LogP contribution in [0.15, 0.2) is 30.3 Å². The first-order chi connectivity index (χ1) is 11.0. The maximum Gasteiger partial charge on any atom is 0.409 e. The molecule has 23 heavy (non-hydrogen) atoms. The molecular weight excluding hydrogens is 299 g/mol. The van der Waals surface area contributed by atoms with Crippen molar-refractivity contribution < 1.29 is 18.7 Å². The van der Waals surface area contributed by atoms with E-state index in [2.05, 4.69) is 10.1 Å². The number of nitrogens with zero attached hydrogens (tertiary/aromatic N) is 1. The predicted molar refractivity (Wildman–Crippen MR) is 85.2 cm³/mol. The van der Waals surface area contributed by atoms with Crippen LogP contribution in [0.4, 0.5) is 9.18 Å². The molecule has 2 rings (SSSR count). The highest BCUT2D eigenvalue weighted by Gasteiger charge is 2.23. The molecule has 1 aliphatic heterocycles. The van der Waals surface area contributed by atoms with Gasteiger partial charge in [-0.25, -0.2) is 9.18 Å². The van der Waals surface area contributed by atoms with Crippen molar-refractivity contribution in [2.45, 2.75) is 25.8 Å². The molecule has 1 saturated heterocycles. The maximum absolute atomic E-state index is 12.9. The Hall–Kier alpha value is -2.37. The van der Waals surface area contributed by atoms with Gasteiger partial charge in [0.2, 0.25) is 5.91 Å². The molecule has 5 nitrogen and oxygen atoms in total. The van der Waals surface area contributed by atoms with Crippen molar-refractivity contribution in [3.05, 3.63) is 41.7 Å². The number of piperidine rings is 1. The van der Waals surface area contributed by atoms with Gasteiger partial charge < -0.3 is 15.0 Å². The lowest BCUT2D eigenvalue weighted by atomic mass is 10.0. The second-order valence-corrected chi connectivity index (χ2v) is 5.57. The van der Waals surface area contributed by atoms with Crippen LogP contribution in [0.5, 0.6) is 0 Å². The summed E-state index contributed by atoms with van der Waals surface area (Å²) in [5.74, 6) is -0.480. The average molecular weight is 320 g/mol. The van der Waals surface area contributed by atoms with Crippen LogP contribution < -0.4 is 5.32 Å². The molecule has 1 aromatic carbocycles. The number of carbonyl (C=O) groups excluding carboxylic acids is 2. The van der Waals surface area contributed by atoms with Crippen LogP contribution in [-0.4, -0.2) is 43.1 Å². The fraction of sp³-hybridized carbons (Fsp3) is 0.412. The summed E-state index contributed by atoms with van der Waals surface area (Å²) >= 11 is 0. The van der Waals surface area contributed by atoms with E-state index in [4.69, 9.17) is 0 Å². The molecule has 0 atom stereocenters. The van der Waals surface area contributed by atoms with Crippen molar-refractivity contribution in [1.82, 2.24) is 10.2 Å². The van der Waals surface area contributed by atoms with E-state index < -0.39 is 0 Å². The molecule has 124 valence electrons. The summed E-state index contributed by atoms with van der Waals surface area (Å²) in [5, 5.41) is 2.94. The molecular formula is C17H21FN2O3. The topological polar surface area (TPSA) is 58.6 Å². The van der Waals surface area contributed by atoms with E-state index in [1.54, 1.807) is 17.0 Å². The summed E-state index contributed by atoms with van der Waals surface area (Å²) in [6, 6.07) is 6.06. The minimum atomic E-state index is -0.332. The zero-order valence-electron chi connectivity index (χ0n) is 13.3. The van der Waals surface area contributed by atoms with Crippen LogP contribution in [0.2, 0.25) is 0 Å². The molecule has 0 saturated carbocycles. The Balaban J connectivity index is 1.86. The van der Waals surface area contributed by atoms with Gasteiger partial charge in [0, 0.05) is 25.2 Å².